The van der Waals surface area contributed by atoms with Crippen molar-refractivity contribution in [2.45, 2.75) is 31.3 Å². The molecule has 3 aromatic rings. The maximum Gasteiger partial charge on any atom is 0.289 e. The molecule has 160 valence electrons. The maximum absolute atomic E-state index is 13.3. The molecule has 0 aliphatic carbocycles. The van der Waals surface area contributed by atoms with Gasteiger partial charge in [-0.25, -0.2) is 0 Å². The number of benzene rings is 3. The summed E-state index contributed by atoms with van der Waals surface area (Å²) in [5.41, 5.74) is 4.60. The molecule has 0 spiro atoms. The van der Waals surface area contributed by atoms with Crippen molar-refractivity contribution < 1.29 is 14.3 Å². The average Bonchev–Trinajstić information content (AvgIpc) is 3.41. The fraction of sp³-hybridized carbons (Fsp3) is 0.250. The molecule has 0 radical (unpaired) electrons. The van der Waals surface area contributed by atoms with E-state index in [1.165, 1.54) is 5.56 Å². The Balaban J connectivity index is 1.33. The summed E-state index contributed by atoms with van der Waals surface area (Å²) in [6.07, 6.45) is 0.440. The minimum atomic E-state index is -0.412. The third-order valence-electron chi connectivity index (χ3n) is 6.85. The lowest BCUT2D eigenvalue weighted by Crippen LogP contribution is -2.32. The number of nitrogens with zero attached hydrogens (tertiary/aromatic N) is 1. The Labute approximate surface area is 188 Å². The molecular formula is C28H25NO3. The Morgan fingerprint density at radius 1 is 0.812 bits per heavy atom. The molecule has 6 rings (SSSR count). The normalized spacial score (nSPS) is 26.6. The number of carbonyl (C=O) groups is 1. The Morgan fingerprint density at radius 3 is 2.12 bits per heavy atom. The molecule has 3 heterocycles. The third kappa shape index (κ3) is 3.32. The molecule has 0 saturated carbocycles. The van der Waals surface area contributed by atoms with Gasteiger partial charge in [0.15, 0.2) is 5.76 Å². The predicted molar refractivity (Wildman–Crippen MR) is 121 cm³/mol. The maximum atomic E-state index is 13.3. The standard InChI is InChI=1S/C28H25NO3/c30-27-26-23(18-29(27)17-19-10-4-1-5-11-19)25(21-14-8-3-9-15-21)22-16-24(31-28(22)32-26)20-12-6-2-7-13-20/h1-15,22,24-25,28H,16-18H2/t22-,24+,25-,28+/m1/s1. The molecule has 32 heavy (non-hydrogen) atoms. The summed E-state index contributed by atoms with van der Waals surface area (Å²) >= 11 is 0. The molecule has 3 aromatic carbocycles. The van der Waals surface area contributed by atoms with Crippen LogP contribution in [0.3, 0.4) is 0 Å². The minimum Gasteiger partial charge on any atom is -0.459 e. The van der Waals surface area contributed by atoms with Crippen molar-refractivity contribution in [3.63, 3.8) is 0 Å². The molecule has 3 aliphatic heterocycles. The van der Waals surface area contributed by atoms with Gasteiger partial charge in [-0.05, 0) is 23.1 Å². The first kappa shape index (κ1) is 19.3. The second-order valence-electron chi connectivity index (χ2n) is 8.81. The summed E-state index contributed by atoms with van der Waals surface area (Å²) < 4.78 is 12.7. The van der Waals surface area contributed by atoms with Crippen LogP contribution in [0.5, 0.6) is 0 Å². The highest BCUT2D eigenvalue weighted by Crippen LogP contribution is 2.52. The van der Waals surface area contributed by atoms with Crippen LogP contribution >= 0.6 is 0 Å². The third-order valence-corrected chi connectivity index (χ3v) is 6.85. The highest BCUT2D eigenvalue weighted by molar-refractivity contribution is 5.95. The summed E-state index contributed by atoms with van der Waals surface area (Å²) in [5.74, 6) is 0.744. The molecule has 1 saturated heterocycles. The van der Waals surface area contributed by atoms with E-state index in [1.807, 2.05) is 47.4 Å². The van der Waals surface area contributed by atoms with Gasteiger partial charge in [-0.3, -0.25) is 4.79 Å². The number of hydrogen-bond acceptors (Lipinski definition) is 3. The summed E-state index contributed by atoms with van der Waals surface area (Å²) in [4.78, 5) is 15.2. The van der Waals surface area contributed by atoms with Crippen LogP contribution in [0.25, 0.3) is 0 Å². The number of ether oxygens (including phenoxy) is 2. The Bertz CT molecular complexity index is 1140. The summed E-state index contributed by atoms with van der Waals surface area (Å²) in [5, 5.41) is 0. The van der Waals surface area contributed by atoms with Gasteiger partial charge < -0.3 is 14.4 Å². The van der Waals surface area contributed by atoms with Crippen LogP contribution in [-0.4, -0.2) is 23.6 Å². The zero-order chi connectivity index (χ0) is 21.5. The zero-order valence-corrected chi connectivity index (χ0v) is 17.8. The highest BCUT2D eigenvalue weighted by atomic mass is 16.7. The number of rotatable bonds is 4. The van der Waals surface area contributed by atoms with Gasteiger partial charge in [0.05, 0.1) is 6.10 Å². The van der Waals surface area contributed by atoms with Crippen LogP contribution in [0, 0.1) is 5.92 Å². The summed E-state index contributed by atoms with van der Waals surface area (Å²) in [6.45, 7) is 1.18. The molecule has 0 N–H and O–H groups in total. The largest absolute Gasteiger partial charge is 0.459 e. The first-order valence-electron chi connectivity index (χ1n) is 11.3. The average molecular weight is 424 g/mol. The van der Waals surface area contributed by atoms with Crippen molar-refractivity contribution in [2.24, 2.45) is 5.92 Å². The fourth-order valence-corrected chi connectivity index (χ4v) is 5.38. The van der Waals surface area contributed by atoms with Gasteiger partial charge in [-0.15, -0.1) is 0 Å². The lowest BCUT2D eigenvalue weighted by atomic mass is 9.76. The van der Waals surface area contributed by atoms with Crippen LogP contribution in [0.4, 0.5) is 0 Å². The first-order valence-corrected chi connectivity index (χ1v) is 11.3. The fourth-order valence-electron chi connectivity index (χ4n) is 5.38. The second-order valence-corrected chi connectivity index (χ2v) is 8.81. The molecule has 3 aliphatic rings. The molecule has 4 heteroatoms. The van der Waals surface area contributed by atoms with Gasteiger partial charge in [0, 0.05) is 30.5 Å². The Kier molecular flexibility index (Phi) is 4.80. The van der Waals surface area contributed by atoms with Gasteiger partial charge in [-0.1, -0.05) is 91.0 Å². The second kappa shape index (κ2) is 7.95. The smallest absolute Gasteiger partial charge is 0.289 e. The summed E-state index contributed by atoms with van der Waals surface area (Å²) in [7, 11) is 0. The van der Waals surface area contributed by atoms with Crippen LogP contribution in [0.2, 0.25) is 0 Å². The lowest BCUT2D eigenvalue weighted by molar-refractivity contribution is -0.151. The van der Waals surface area contributed by atoms with Gasteiger partial charge in [0.2, 0.25) is 6.29 Å². The first-order chi connectivity index (χ1) is 15.8. The van der Waals surface area contributed by atoms with E-state index >= 15 is 0 Å². The molecular weight excluding hydrogens is 398 g/mol. The highest BCUT2D eigenvalue weighted by Gasteiger charge is 2.52. The van der Waals surface area contributed by atoms with E-state index in [2.05, 4.69) is 48.5 Å². The number of amides is 1. The topological polar surface area (TPSA) is 38.8 Å². The Hall–Kier alpha value is -3.37. The summed E-state index contributed by atoms with van der Waals surface area (Å²) in [6, 6.07) is 30.9. The van der Waals surface area contributed by atoms with Crippen molar-refractivity contribution in [2.75, 3.05) is 6.54 Å². The van der Waals surface area contributed by atoms with Crippen LogP contribution in [0.15, 0.2) is 102 Å². The Morgan fingerprint density at radius 2 is 1.44 bits per heavy atom. The van der Waals surface area contributed by atoms with Crippen LogP contribution < -0.4 is 0 Å². The van der Waals surface area contributed by atoms with Gasteiger partial charge in [-0.2, -0.15) is 0 Å². The predicted octanol–water partition coefficient (Wildman–Crippen LogP) is 5.20. The van der Waals surface area contributed by atoms with Crippen molar-refractivity contribution in [3.05, 3.63) is 119 Å². The minimum absolute atomic E-state index is 0.0204. The van der Waals surface area contributed by atoms with E-state index in [4.69, 9.17) is 9.47 Å². The quantitative estimate of drug-likeness (QED) is 0.579. The van der Waals surface area contributed by atoms with Crippen molar-refractivity contribution in [1.82, 2.24) is 4.90 Å². The van der Waals surface area contributed by atoms with E-state index in [9.17, 15) is 4.79 Å². The van der Waals surface area contributed by atoms with Crippen molar-refractivity contribution >= 4 is 5.91 Å². The van der Waals surface area contributed by atoms with Crippen molar-refractivity contribution in [3.8, 4) is 0 Å². The van der Waals surface area contributed by atoms with E-state index in [0.29, 0.717) is 18.8 Å². The van der Waals surface area contributed by atoms with Gasteiger partial charge >= 0.3 is 0 Å². The van der Waals surface area contributed by atoms with E-state index in [1.54, 1.807) is 0 Å². The van der Waals surface area contributed by atoms with Crippen molar-refractivity contribution in [1.29, 1.82) is 0 Å². The SMILES string of the molecule is O=C1C2=C(CN1Cc1ccccc1)[C@H](c1ccccc1)[C@H]1C[C@@H](c3ccccc3)O[C@H]1O2. The van der Waals surface area contributed by atoms with Gasteiger partial charge in [0.25, 0.3) is 5.91 Å². The number of fused-ring (bicyclic) bond motifs is 1. The van der Waals surface area contributed by atoms with E-state index in [0.717, 1.165) is 23.1 Å². The number of hydrogen-bond donors (Lipinski definition) is 0. The molecule has 0 aromatic heterocycles. The van der Waals surface area contributed by atoms with Crippen LogP contribution in [0.1, 0.15) is 35.1 Å². The van der Waals surface area contributed by atoms with E-state index in [-0.39, 0.29) is 23.8 Å². The number of carbonyl (C=O) groups excluding carboxylic acids is 1. The van der Waals surface area contributed by atoms with Gasteiger partial charge in [0.1, 0.15) is 0 Å². The monoisotopic (exact) mass is 423 g/mol. The zero-order valence-electron chi connectivity index (χ0n) is 17.8. The van der Waals surface area contributed by atoms with E-state index < -0.39 is 6.29 Å². The molecule has 4 nitrogen and oxygen atoms in total. The lowest BCUT2D eigenvalue weighted by Gasteiger charge is -2.33. The molecule has 0 unspecified atom stereocenters. The van der Waals surface area contributed by atoms with Crippen LogP contribution in [-0.2, 0) is 20.8 Å². The molecule has 1 fully saturated rings. The molecule has 0 bridgehead atoms. The molecule has 1 amide bonds. The molecule has 4 atom stereocenters.